The number of hydrogen-bond donors (Lipinski definition) is 0. The van der Waals surface area contributed by atoms with E-state index in [0.29, 0.717) is 5.91 Å². The molecule has 4 rings (SSSR count). The Morgan fingerprint density at radius 2 is 2.04 bits per heavy atom. The number of carbonyl (C=O) groups is 1. The van der Waals surface area contributed by atoms with Crippen LogP contribution in [0.5, 0.6) is 0 Å². The van der Waals surface area contributed by atoms with E-state index in [4.69, 9.17) is 4.74 Å². The first-order valence-electron chi connectivity index (χ1n) is 9.26. The number of likely N-dealkylation sites (tertiary alicyclic amines) is 2. The van der Waals surface area contributed by atoms with Crippen LogP contribution >= 0.6 is 0 Å². The number of rotatable bonds is 3. The smallest absolute Gasteiger partial charge is 0.227 e. The van der Waals surface area contributed by atoms with Crippen molar-refractivity contribution in [3.05, 3.63) is 30.1 Å². The van der Waals surface area contributed by atoms with E-state index >= 15 is 0 Å². The van der Waals surface area contributed by atoms with Gasteiger partial charge in [0, 0.05) is 57.5 Å². The summed E-state index contributed by atoms with van der Waals surface area (Å²) in [6.45, 7) is 6.18. The number of aromatic nitrogens is 1. The molecule has 5 nitrogen and oxygen atoms in total. The molecule has 0 bridgehead atoms. The van der Waals surface area contributed by atoms with Crippen molar-refractivity contribution in [2.75, 3.05) is 39.4 Å². The SMILES string of the molecule is O=C(C1CN(Cc2ccccn2)CC12CCOCC2)N1CCCC1. The summed E-state index contributed by atoms with van der Waals surface area (Å²) in [5.74, 6) is 0.515. The fourth-order valence-corrected chi connectivity index (χ4v) is 4.70. The van der Waals surface area contributed by atoms with E-state index in [2.05, 4.69) is 20.9 Å². The van der Waals surface area contributed by atoms with Gasteiger partial charge >= 0.3 is 0 Å². The van der Waals surface area contributed by atoms with Gasteiger partial charge in [-0.15, -0.1) is 0 Å². The van der Waals surface area contributed by atoms with Crippen LogP contribution in [0.1, 0.15) is 31.4 Å². The highest BCUT2D eigenvalue weighted by Crippen LogP contribution is 2.45. The lowest BCUT2D eigenvalue weighted by molar-refractivity contribution is -0.139. The molecular weight excluding hydrogens is 302 g/mol. The van der Waals surface area contributed by atoms with Gasteiger partial charge in [-0.25, -0.2) is 0 Å². The summed E-state index contributed by atoms with van der Waals surface area (Å²) in [5, 5.41) is 0. The monoisotopic (exact) mass is 329 g/mol. The molecule has 1 atom stereocenters. The normalized spacial score (nSPS) is 27.0. The zero-order chi connectivity index (χ0) is 16.4. The molecule has 1 amide bonds. The molecule has 1 aromatic heterocycles. The van der Waals surface area contributed by atoms with Crippen molar-refractivity contribution < 1.29 is 9.53 Å². The molecule has 24 heavy (non-hydrogen) atoms. The molecule has 130 valence electrons. The van der Waals surface area contributed by atoms with Crippen molar-refractivity contribution in [2.24, 2.45) is 11.3 Å². The second-order valence-corrected chi connectivity index (χ2v) is 7.55. The van der Waals surface area contributed by atoms with Crippen LogP contribution in [0.3, 0.4) is 0 Å². The molecular formula is C19H27N3O2. The van der Waals surface area contributed by atoms with Gasteiger partial charge in [-0.05, 0) is 37.8 Å². The fourth-order valence-electron chi connectivity index (χ4n) is 4.70. The Morgan fingerprint density at radius 3 is 2.75 bits per heavy atom. The van der Waals surface area contributed by atoms with Crippen LogP contribution in [0.25, 0.3) is 0 Å². The van der Waals surface area contributed by atoms with Gasteiger partial charge in [-0.2, -0.15) is 0 Å². The molecule has 0 aromatic carbocycles. The average molecular weight is 329 g/mol. The van der Waals surface area contributed by atoms with Crippen molar-refractivity contribution in [1.29, 1.82) is 0 Å². The molecule has 3 aliphatic heterocycles. The predicted molar refractivity (Wildman–Crippen MR) is 91.3 cm³/mol. The molecule has 0 radical (unpaired) electrons. The Morgan fingerprint density at radius 1 is 1.25 bits per heavy atom. The summed E-state index contributed by atoms with van der Waals surface area (Å²) >= 11 is 0. The Balaban J connectivity index is 1.52. The van der Waals surface area contributed by atoms with Crippen molar-refractivity contribution in [3.63, 3.8) is 0 Å². The van der Waals surface area contributed by atoms with Crippen LogP contribution in [0.2, 0.25) is 0 Å². The number of nitrogens with zero attached hydrogens (tertiary/aromatic N) is 3. The maximum absolute atomic E-state index is 13.2. The van der Waals surface area contributed by atoms with E-state index in [1.807, 2.05) is 18.3 Å². The predicted octanol–water partition coefficient (Wildman–Crippen LogP) is 1.93. The third-order valence-corrected chi connectivity index (χ3v) is 6.03. The van der Waals surface area contributed by atoms with Gasteiger partial charge in [0.1, 0.15) is 0 Å². The highest BCUT2D eigenvalue weighted by atomic mass is 16.5. The molecule has 5 heteroatoms. The molecule has 1 aromatic rings. The minimum Gasteiger partial charge on any atom is -0.381 e. The number of amides is 1. The molecule has 1 unspecified atom stereocenters. The van der Waals surface area contributed by atoms with Crippen molar-refractivity contribution >= 4 is 5.91 Å². The van der Waals surface area contributed by atoms with E-state index in [0.717, 1.165) is 77.3 Å². The van der Waals surface area contributed by atoms with Gasteiger partial charge in [-0.3, -0.25) is 14.7 Å². The Hall–Kier alpha value is -1.46. The van der Waals surface area contributed by atoms with Crippen LogP contribution in [0.4, 0.5) is 0 Å². The lowest BCUT2D eigenvalue weighted by Crippen LogP contribution is -2.45. The summed E-state index contributed by atoms with van der Waals surface area (Å²) in [4.78, 5) is 22.2. The van der Waals surface area contributed by atoms with Gasteiger partial charge in [0.15, 0.2) is 0 Å². The standard InChI is InChI=1S/C19H27N3O2/c23-18(22-9-3-4-10-22)17-14-21(13-16-5-1-2-8-20-16)15-19(17)6-11-24-12-7-19/h1-2,5,8,17H,3-4,6-7,9-15H2. The van der Waals surface area contributed by atoms with Crippen molar-refractivity contribution in [2.45, 2.75) is 32.2 Å². The highest BCUT2D eigenvalue weighted by molar-refractivity contribution is 5.80. The Kier molecular flexibility index (Phi) is 4.55. The van der Waals surface area contributed by atoms with Crippen LogP contribution < -0.4 is 0 Å². The zero-order valence-electron chi connectivity index (χ0n) is 14.3. The van der Waals surface area contributed by atoms with Crippen LogP contribution in [0.15, 0.2) is 24.4 Å². The van der Waals surface area contributed by atoms with E-state index in [9.17, 15) is 4.79 Å². The number of ether oxygens (including phenoxy) is 1. The van der Waals surface area contributed by atoms with Crippen molar-refractivity contribution in [3.8, 4) is 0 Å². The van der Waals surface area contributed by atoms with E-state index in [-0.39, 0.29) is 11.3 Å². The second kappa shape index (κ2) is 6.81. The largest absolute Gasteiger partial charge is 0.381 e. The maximum atomic E-state index is 13.2. The van der Waals surface area contributed by atoms with Crippen LogP contribution in [0, 0.1) is 11.3 Å². The first-order valence-corrected chi connectivity index (χ1v) is 9.26. The quantitative estimate of drug-likeness (QED) is 0.850. The van der Waals surface area contributed by atoms with Gasteiger partial charge in [0.2, 0.25) is 5.91 Å². The first kappa shape index (κ1) is 16.0. The molecule has 4 heterocycles. The fraction of sp³-hybridized carbons (Fsp3) is 0.684. The lowest BCUT2D eigenvalue weighted by Gasteiger charge is -2.38. The molecule has 1 spiro atoms. The summed E-state index contributed by atoms with van der Waals surface area (Å²) in [7, 11) is 0. The zero-order valence-corrected chi connectivity index (χ0v) is 14.3. The third kappa shape index (κ3) is 3.07. The molecule has 0 N–H and O–H groups in total. The van der Waals surface area contributed by atoms with Crippen LogP contribution in [-0.2, 0) is 16.1 Å². The summed E-state index contributed by atoms with van der Waals surface area (Å²) < 4.78 is 5.61. The lowest BCUT2D eigenvalue weighted by atomic mass is 9.71. The molecule has 3 saturated heterocycles. The maximum Gasteiger partial charge on any atom is 0.227 e. The van der Waals surface area contributed by atoms with Gasteiger partial charge in [0.25, 0.3) is 0 Å². The summed E-state index contributed by atoms with van der Waals surface area (Å²) in [5.41, 5.74) is 1.20. The minimum absolute atomic E-state index is 0.104. The van der Waals surface area contributed by atoms with E-state index < -0.39 is 0 Å². The van der Waals surface area contributed by atoms with E-state index in [1.165, 1.54) is 0 Å². The topological polar surface area (TPSA) is 45.7 Å². The first-order chi connectivity index (χ1) is 11.8. The van der Waals surface area contributed by atoms with Crippen LogP contribution in [-0.4, -0.2) is 60.1 Å². The molecule has 3 aliphatic rings. The Labute approximate surface area is 144 Å². The van der Waals surface area contributed by atoms with Gasteiger partial charge in [0.05, 0.1) is 11.6 Å². The molecule has 0 aliphatic carbocycles. The third-order valence-electron chi connectivity index (χ3n) is 6.03. The van der Waals surface area contributed by atoms with Gasteiger partial charge in [-0.1, -0.05) is 6.07 Å². The highest BCUT2D eigenvalue weighted by Gasteiger charge is 2.51. The number of carbonyl (C=O) groups excluding carboxylic acids is 1. The number of pyridine rings is 1. The average Bonchev–Trinajstić information content (AvgIpc) is 3.25. The molecule has 0 saturated carbocycles. The summed E-state index contributed by atoms with van der Waals surface area (Å²) in [6.07, 6.45) is 6.19. The van der Waals surface area contributed by atoms with Crippen molar-refractivity contribution in [1.82, 2.24) is 14.8 Å². The summed E-state index contributed by atoms with van der Waals surface area (Å²) in [6, 6.07) is 6.06. The Bertz CT molecular complexity index is 565. The van der Waals surface area contributed by atoms with Gasteiger partial charge < -0.3 is 9.64 Å². The minimum atomic E-state index is 0.104. The molecule has 3 fully saturated rings. The second-order valence-electron chi connectivity index (χ2n) is 7.55. The number of hydrogen-bond acceptors (Lipinski definition) is 4. The van der Waals surface area contributed by atoms with E-state index in [1.54, 1.807) is 0 Å².